The number of aliphatic carboxylic acids is 1. The number of ether oxygens (including phenoxy) is 1. The van der Waals surface area contributed by atoms with E-state index in [4.69, 9.17) is 9.84 Å². The number of hydrogen-bond donors (Lipinski definition) is 3. The molecule has 0 radical (unpaired) electrons. The van der Waals surface area contributed by atoms with Crippen LogP contribution in [0.1, 0.15) is 32.5 Å². The van der Waals surface area contributed by atoms with Crippen molar-refractivity contribution in [2.24, 2.45) is 0 Å². The Morgan fingerprint density at radius 2 is 1.88 bits per heavy atom. The third-order valence-electron chi connectivity index (χ3n) is 2.20. The lowest BCUT2D eigenvalue weighted by molar-refractivity contribution is -0.167. The number of nitrogens with one attached hydrogen (secondary N) is 2. The molecule has 1 atom stereocenters. The van der Waals surface area contributed by atoms with Gasteiger partial charge in [-0.1, -0.05) is 0 Å². The summed E-state index contributed by atoms with van der Waals surface area (Å²) >= 11 is 0.581. The molecule has 0 aromatic carbocycles. The van der Waals surface area contributed by atoms with Crippen LogP contribution in [-0.2, 0) is 14.3 Å². The Labute approximate surface area is 138 Å². The number of alkyl halides is 3. The Morgan fingerprint density at radius 3 is 2.33 bits per heavy atom. The molecule has 0 bridgehead atoms. The normalized spacial score (nSPS) is 13.1. The minimum atomic E-state index is -5.10. The van der Waals surface area contributed by atoms with Crippen molar-refractivity contribution in [2.75, 3.05) is 5.32 Å². The first-order valence-corrected chi connectivity index (χ1v) is 7.23. The lowest BCUT2D eigenvalue weighted by Crippen LogP contribution is -2.38. The molecule has 0 aliphatic heterocycles. The summed E-state index contributed by atoms with van der Waals surface area (Å²) in [5.41, 5.74) is -1.13. The van der Waals surface area contributed by atoms with Crippen LogP contribution in [-0.4, -0.2) is 39.8 Å². The van der Waals surface area contributed by atoms with Gasteiger partial charge in [0.2, 0.25) is 0 Å². The summed E-state index contributed by atoms with van der Waals surface area (Å²) in [6.07, 6.45) is -6.14. The van der Waals surface area contributed by atoms with Gasteiger partial charge in [-0.3, -0.25) is 10.1 Å². The van der Waals surface area contributed by atoms with Gasteiger partial charge in [0.05, 0.1) is 5.69 Å². The minimum Gasteiger partial charge on any atom is -0.479 e. The first-order chi connectivity index (χ1) is 10.8. The van der Waals surface area contributed by atoms with Crippen molar-refractivity contribution >= 4 is 34.4 Å². The zero-order valence-corrected chi connectivity index (χ0v) is 13.5. The average molecular weight is 369 g/mol. The molecular weight excluding hydrogens is 355 g/mol. The molecule has 1 rings (SSSR count). The lowest BCUT2D eigenvalue weighted by Gasteiger charge is -2.21. The predicted molar refractivity (Wildman–Crippen MR) is 76.5 cm³/mol. The topological polar surface area (TPSA) is 118 Å². The van der Waals surface area contributed by atoms with E-state index in [-0.39, 0.29) is 5.69 Å². The van der Waals surface area contributed by atoms with Crippen LogP contribution in [0, 0.1) is 0 Å². The van der Waals surface area contributed by atoms with E-state index in [1.54, 1.807) is 20.8 Å². The Kier molecular flexibility index (Phi) is 5.76. The van der Waals surface area contributed by atoms with Crippen molar-refractivity contribution in [1.82, 2.24) is 10.3 Å². The number of hydrogen-bond acceptors (Lipinski definition) is 6. The molecule has 3 N–H and O–H groups in total. The van der Waals surface area contributed by atoms with Crippen molar-refractivity contribution < 1.29 is 37.4 Å². The van der Waals surface area contributed by atoms with Gasteiger partial charge in [-0.25, -0.2) is 14.6 Å². The van der Waals surface area contributed by atoms with Gasteiger partial charge >= 0.3 is 24.1 Å². The Morgan fingerprint density at radius 1 is 1.29 bits per heavy atom. The molecule has 24 heavy (non-hydrogen) atoms. The summed E-state index contributed by atoms with van der Waals surface area (Å²) < 4.78 is 41.4. The fourth-order valence-electron chi connectivity index (χ4n) is 1.33. The number of halogens is 3. The number of rotatable bonds is 4. The third kappa shape index (κ3) is 6.02. The molecule has 0 aliphatic rings. The van der Waals surface area contributed by atoms with Crippen molar-refractivity contribution in [2.45, 2.75) is 38.6 Å². The van der Waals surface area contributed by atoms with E-state index in [9.17, 15) is 27.6 Å². The molecule has 134 valence electrons. The van der Waals surface area contributed by atoms with Crippen LogP contribution in [0.4, 0.5) is 23.1 Å². The Hall–Kier alpha value is -2.37. The summed E-state index contributed by atoms with van der Waals surface area (Å²) in [5.74, 6) is -3.74. The number of carbonyl (C=O) groups is 3. The number of carboxylic acid groups (broad SMARTS) is 1. The molecule has 1 heterocycles. The number of carbonyl (C=O) groups excluding carboxylic acids is 2. The molecule has 0 aliphatic carbocycles. The molecule has 1 aromatic heterocycles. The summed E-state index contributed by atoms with van der Waals surface area (Å²) in [4.78, 5) is 37.2. The molecule has 12 heteroatoms. The highest BCUT2D eigenvalue weighted by Crippen LogP contribution is 2.24. The van der Waals surface area contributed by atoms with Crippen LogP contribution in [0.25, 0.3) is 0 Å². The number of thiazole rings is 1. The van der Waals surface area contributed by atoms with Gasteiger partial charge in [0.25, 0.3) is 0 Å². The smallest absolute Gasteiger partial charge is 0.471 e. The molecule has 1 aromatic rings. The second kappa shape index (κ2) is 7.03. The van der Waals surface area contributed by atoms with Gasteiger partial charge in [0, 0.05) is 5.38 Å². The number of aromatic nitrogens is 1. The number of amides is 2. The molecule has 0 saturated heterocycles. The minimum absolute atomic E-state index is 0.254. The summed E-state index contributed by atoms with van der Waals surface area (Å²) in [6, 6.07) is -1.65. The highest BCUT2D eigenvalue weighted by Gasteiger charge is 2.39. The number of carboxylic acids is 1. The van der Waals surface area contributed by atoms with E-state index >= 15 is 0 Å². The Balaban J connectivity index is 2.86. The van der Waals surface area contributed by atoms with E-state index in [1.165, 1.54) is 5.32 Å². The number of alkyl carbamates (subject to hydrolysis) is 1. The second-order valence-electron chi connectivity index (χ2n) is 5.45. The zero-order chi connectivity index (χ0) is 18.7. The number of nitrogens with zero attached hydrogens (tertiary/aromatic N) is 1. The van der Waals surface area contributed by atoms with Crippen LogP contribution in [0.5, 0.6) is 0 Å². The summed E-state index contributed by atoms with van der Waals surface area (Å²) in [5, 5.41) is 13.3. The van der Waals surface area contributed by atoms with Crippen LogP contribution in [0.3, 0.4) is 0 Å². The SMILES string of the molecule is CC(C)(C)OC(=O)NC(C(=O)O)c1csc(NC(=O)C(F)(F)F)n1. The average Bonchev–Trinajstić information content (AvgIpc) is 2.80. The van der Waals surface area contributed by atoms with Crippen LogP contribution in [0.2, 0.25) is 0 Å². The van der Waals surface area contributed by atoms with Crippen molar-refractivity contribution in [3.63, 3.8) is 0 Å². The van der Waals surface area contributed by atoms with E-state index in [1.807, 2.05) is 5.32 Å². The molecule has 0 spiro atoms. The zero-order valence-electron chi connectivity index (χ0n) is 12.7. The highest BCUT2D eigenvalue weighted by molar-refractivity contribution is 7.14. The largest absolute Gasteiger partial charge is 0.479 e. The summed E-state index contributed by atoms with van der Waals surface area (Å²) in [6.45, 7) is 4.70. The quantitative estimate of drug-likeness (QED) is 0.750. The van der Waals surface area contributed by atoms with Crippen LogP contribution < -0.4 is 10.6 Å². The van der Waals surface area contributed by atoms with Gasteiger partial charge in [-0.05, 0) is 20.8 Å². The maximum atomic E-state index is 12.2. The molecule has 2 amide bonds. The van der Waals surface area contributed by atoms with Gasteiger partial charge < -0.3 is 15.2 Å². The number of anilines is 1. The Bertz CT molecular complexity index is 639. The molecule has 0 saturated carbocycles. The fraction of sp³-hybridized carbons (Fsp3) is 0.500. The van der Waals surface area contributed by atoms with E-state index in [2.05, 4.69) is 4.98 Å². The second-order valence-corrected chi connectivity index (χ2v) is 6.30. The fourth-order valence-corrected chi connectivity index (χ4v) is 2.06. The molecule has 0 fully saturated rings. The standard InChI is InChI=1S/C12H14F3N3O5S/c1-11(2,3)23-10(22)17-6(7(19)20)5-4-24-9(16-5)18-8(21)12(13,14)15/h4,6H,1-3H3,(H,17,22)(H,19,20)(H,16,18,21). The van der Waals surface area contributed by atoms with Crippen molar-refractivity contribution in [3.8, 4) is 0 Å². The van der Waals surface area contributed by atoms with E-state index in [0.717, 1.165) is 5.38 Å². The first-order valence-electron chi connectivity index (χ1n) is 6.35. The maximum Gasteiger partial charge on any atom is 0.471 e. The monoisotopic (exact) mass is 369 g/mol. The highest BCUT2D eigenvalue weighted by atomic mass is 32.1. The van der Waals surface area contributed by atoms with Crippen molar-refractivity contribution in [3.05, 3.63) is 11.1 Å². The first kappa shape index (κ1) is 19.7. The molecular formula is C12H14F3N3O5S. The van der Waals surface area contributed by atoms with Crippen LogP contribution >= 0.6 is 11.3 Å². The van der Waals surface area contributed by atoms with Gasteiger partial charge in [0.1, 0.15) is 5.60 Å². The third-order valence-corrected chi connectivity index (χ3v) is 2.98. The lowest BCUT2D eigenvalue weighted by atomic mass is 10.2. The maximum absolute atomic E-state index is 12.2. The van der Waals surface area contributed by atoms with E-state index < -0.39 is 40.9 Å². The van der Waals surface area contributed by atoms with E-state index in [0.29, 0.717) is 11.3 Å². The summed E-state index contributed by atoms with van der Waals surface area (Å²) in [7, 11) is 0. The van der Waals surface area contributed by atoms with Crippen molar-refractivity contribution in [1.29, 1.82) is 0 Å². The van der Waals surface area contributed by atoms with Gasteiger partial charge in [0.15, 0.2) is 11.2 Å². The van der Waals surface area contributed by atoms with Gasteiger partial charge in [-0.15, -0.1) is 11.3 Å². The predicted octanol–water partition coefficient (Wildman–Crippen LogP) is 2.29. The van der Waals surface area contributed by atoms with Crippen LogP contribution in [0.15, 0.2) is 5.38 Å². The molecule has 8 nitrogen and oxygen atoms in total. The molecule has 1 unspecified atom stereocenters. The van der Waals surface area contributed by atoms with Gasteiger partial charge in [-0.2, -0.15) is 13.2 Å².